The second-order valence-corrected chi connectivity index (χ2v) is 10.6. The Balaban J connectivity index is 1.55. The van der Waals surface area contributed by atoms with Crippen LogP contribution in [0.25, 0.3) is 10.9 Å². The van der Waals surface area contributed by atoms with Crippen LogP contribution in [0, 0.1) is 0 Å². The Morgan fingerprint density at radius 3 is 2.72 bits per heavy atom. The Hall–Kier alpha value is -3.75. The topological polar surface area (TPSA) is 92.8 Å². The maximum absolute atomic E-state index is 13.8. The van der Waals surface area contributed by atoms with Crippen LogP contribution < -0.4 is 5.56 Å². The molecule has 0 saturated heterocycles. The van der Waals surface area contributed by atoms with E-state index in [1.54, 1.807) is 6.26 Å². The molecule has 0 radical (unpaired) electrons. The predicted molar refractivity (Wildman–Crippen MR) is 151 cm³/mol. The molecule has 6 rings (SSSR count). The smallest absolute Gasteiger partial charge is 0.253 e. The molecule has 8 nitrogen and oxygen atoms in total. The Morgan fingerprint density at radius 2 is 1.95 bits per heavy atom. The van der Waals surface area contributed by atoms with Crippen molar-refractivity contribution < 1.29 is 4.42 Å². The van der Waals surface area contributed by atoms with Crippen molar-refractivity contribution in [1.29, 1.82) is 0 Å². The number of aromatic nitrogens is 5. The fraction of sp³-hybridized carbons (Fsp3) is 0.333. The third kappa shape index (κ3) is 5.27. The van der Waals surface area contributed by atoms with Crippen molar-refractivity contribution >= 4 is 22.5 Å². The molecule has 0 unspecified atom stereocenters. The Labute approximate surface area is 231 Å². The lowest BCUT2D eigenvalue weighted by Gasteiger charge is -2.31. The van der Waals surface area contributed by atoms with Crippen molar-refractivity contribution in [2.75, 3.05) is 0 Å². The van der Waals surface area contributed by atoms with E-state index in [9.17, 15) is 4.79 Å². The summed E-state index contributed by atoms with van der Waals surface area (Å²) in [4.78, 5) is 19.1. The lowest BCUT2D eigenvalue weighted by atomic mass is 10.0. The number of tetrazole rings is 1. The number of halogens is 1. The van der Waals surface area contributed by atoms with Gasteiger partial charge in [0.15, 0.2) is 5.82 Å². The van der Waals surface area contributed by atoms with Crippen molar-refractivity contribution in [2.24, 2.45) is 0 Å². The molecule has 1 aliphatic rings. The third-order valence-corrected chi connectivity index (χ3v) is 8.08. The molecule has 1 fully saturated rings. The summed E-state index contributed by atoms with van der Waals surface area (Å²) in [6, 6.07) is 19.4. The van der Waals surface area contributed by atoms with Gasteiger partial charge in [0.25, 0.3) is 5.56 Å². The van der Waals surface area contributed by atoms with Crippen LogP contribution in [-0.4, -0.2) is 30.1 Å². The summed E-state index contributed by atoms with van der Waals surface area (Å²) in [6.07, 6.45) is 6.88. The first-order valence-corrected chi connectivity index (χ1v) is 13.9. The zero-order valence-corrected chi connectivity index (χ0v) is 22.6. The summed E-state index contributed by atoms with van der Waals surface area (Å²) >= 11 is 6.64. The van der Waals surface area contributed by atoms with E-state index in [1.165, 1.54) is 5.56 Å². The van der Waals surface area contributed by atoms with Gasteiger partial charge in [-0.05, 0) is 82.6 Å². The predicted octanol–water partition coefficient (Wildman–Crippen LogP) is 6.23. The molecule has 1 atom stereocenters. The minimum absolute atomic E-state index is 0.165. The van der Waals surface area contributed by atoms with E-state index in [-0.39, 0.29) is 11.6 Å². The van der Waals surface area contributed by atoms with Crippen LogP contribution in [0.5, 0.6) is 0 Å². The van der Waals surface area contributed by atoms with Gasteiger partial charge >= 0.3 is 0 Å². The second-order valence-electron chi connectivity index (χ2n) is 10.2. The average molecular weight is 543 g/mol. The van der Waals surface area contributed by atoms with Crippen molar-refractivity contribution in [3.63, 3.8) is 0 Å². The monoisotopic (exact) mass is 542 g/mol. The molecule has 0 bridgehead atoms. The number of pyridine rings is 1. The zero-order valence-electron chi connectivity index (χ0n) is 21.9. The van der Waals surface area contributed by atoms with Crippen LogP contribution in [0.2, 0.25) is 5.02 Å². The van der Waals surface area contributed by atoms with E-state index in [0.717, 1.165) is 54.3 Å². The van der Waals surface area contributed by atoms with Gasteiger partial charge in [-0.1, -0.05) is 55.6 Å². The van der Waals surface area contributed by atoms with E-state index >= 15 is 0 Å². The van der Waals surface area contributed by atoms with Crippen molar-refractivity contribution in [3.8, 4) is 0 Å². The van der Waals surface area contributed by atoms with E-state index in [2.05, 4.69) is 44.5 Å². The molecule has 2 aromatic carbocycles. The standard InChI is InChI=1S/C30H31ClN6O2/c1-2-20-13-14-27-22(16-20)17-25(30(38)32-27)28(29-33-34-35-37(29)23-9-4-5-10-23)36(19-24-11-7-15-39-24)18-21-8-3-6-12-26(21)31/h3,6-8,11-17,23,28H,2,4-5,9-10,18-19H2,1H3,(H,32,38)/t28-/m0/s1. The van der Waals surface area contributed by atoms with E-state index in [4.69, 9.17) is 16.0 Å². The lowest BCUT2D eigenvalue weighted by molar-refractivity contribution is 0.176. The number of hydrogen-bond acceptors (Lipinski definition) is 6. The van der Waals surface area contributed by atoms with Gasteiger partial charge in [-0.2, -0.15) is 0 Å². The maximum atomic E-state index is 13.8. The molecule has 5 aromatic rings. The molecule has 3 heterocycles. The molecule has 200 valence electrons. The van der Waals surface area contributed by atoms with Gasteiger partial charge in [-0.3, -0.25) is 9.69 Å². The van der Waals surface area contributed by atoms with Crippen LogP contribution in [-0.2, 0) is 19.5 Å². The number of furan rings is 1. The molecule has 3 aromatic heterocycles. The van der Waals surface area contributed by atoms with E-state index in [0.29, 0.717) is 29.5 Å². The second kappa shape index (κ2) is 11.2. The number of nitrogens with one attached hydrogen (secondary N) is 1. The maximum Gasteiger partial charge on any atom is 0.253 e. The van der Waals surface area contributed by atoms with Gasteiger partial charge < -0.3 is 9.40 Å². The van der Waals surface area contributed by atoms with Crippen LogP contribution >= 0.6 is 11.6 Å². The van der Waals surface area contributed by atoms with Crippen molar-refractivity contribution in [2.45, 2.75) is 64.2 Å². The minimum Gasteiger partial charge on any atom is -0.468 e. The van der Waals surface area contributed by atoms with Gasteiger partial charge in [0.2, 0.25) is 0 Å². The summed E-state index contributed by atoms with van der Waals surface area (Å²) in [5.41, 5.74) is 3.38. The highest BCUT2D eigenvalue weighted by molar-refractivity contribution is 6.31. The highest BCUT2D eigenvalue weighted by Crippen LogP contribution is 2.35. The fourth-order valence-corrected chi connectivity index (χ4v) is 5.87. The average Bonchev–Trinajstić information content (AvgIpc) is 3.73. The molecule has 0 amide bonds. The highest BCUT2D eigenvalue weighted by atomic mass is 35.5. The van der Waals surface area contributed by atoms with Gasteiger partial charge in [-0.15, -0.1) is 5.10 Å². The molecule has 39 heavy (non-hydrogen) atoms. The van der Waals surface area contributed by atoms with Gasteiger partial charge in [0.1, 0.15) is 11.8 Å². The molecule has 1 aliphatic carbocycles. The molecule has 9 heteroatoms. The zero-order chi connectivity index (χ0) is 26.8. The molecular weight excluding hydrogens is 512 g/mol. The van der Waals surface area contributed by atoms with Crippen LogP contribution in [0.3, 0.4) is 0 Å². The fourth-order valence-electron chi connectivity index (χ4n) is 5.67. The molecule has 1 N–H and O–H groups in total. The molecule has 1 saturated carbocycles. The van der Waals surface area contributed by atoms with Gasteiger partial charge in [0.05, 0.1) is 18.8 Å². The lowest BCUT2D eigenvalue weighted by Crippen LogP contribution is -2.35. The Bertz CT molecular complexity index is 1620. The summed E-state index contributed by atoms with van der Waals surface area (Å²) < 4.78 is 7.71. The highest BCUT2D eigenvalue weighted by Gasteiger charge is 2.34. The minimum atomic E-state index is -0.541. The number of fused-ring (bicyclic) bond motifs is 1. The van der Waals surface area contributed by atoms with E-state index < -0.39 is 6.04 Å². The van der Waals surface area contributed by atoms with Gasteiger partial charge in [0, 0.05) is 22.6 Å². The largest absolute Gasteiger partial charge is 0.468 e. The summed E-state index contributed by atoms with van der Waals surface area (Å²) in [5, 5.41) is 14.7. The van der Waals surface area contributed by atoms with Crippen LogP contribution in [0.4, 0.5) is 0 Å². The quantitative estimate of drug-likeness (QED) is 0.237. The molecular formula is C30H31ClN6O2. The van der Waals surface area contributed by atoms with Crippen molar-refractivity contribution in [3.05, 3.63) is 111 Å². The first kappa shape index (κ1) is 25.5. The third-order valence-electron chi connectivity index (χ3n) is 7.71. The number of aryl methyl sites for hydroxylation is 1. The Morgan fingerprint density at radius 1 is 1.10 bits per heavy atom. The molecule has 0 spiro atoms. The number of nitrogens with zero attached hydrogens (tertiary/aromatic N) is 5. The first-order chi connectivity index (χ1) is 19.1. The summed E-state index contributed by atoms with van der Waals surface area (Å²) in [6.45, 7) is 3.03. The number of benzene rings is 2. The Kier molecular flexibility index (Phi) is 7.30. The number of rotatable bonds is 9. The summed E-state index contributed by atoms with van der Waals surface area (Å²) in [5.74, 6) is 1.43. The first-order valence-electron chi connectivity index (χ1n) is 13.5. The number of aromatic amines is 1. The van der Waals surface area contributed by atoms with Crippen molar-refractivity contribution in [1.82, 2.24) is 30.1 Å². The van der Waals surface area contributed by atoms with Crippen LogP contribution in [0.1, 0.15) is 73.0 Å². The van der Waals surface area contributed by atoms with Crippen LogP contribution in [0.15, 0.2) is 76.1 Å². The van der Waals surface area contributed by atoms with Gasteiger partial charge in [-0.25, -0.2) is 4.68 Å². The number of hydrogen-bond donors (Lipinski definition) is 1. The van der Waals surface area contributed by atoms with E-state index in [1.807, 2.05) is 53.2 Å². The number of H-pyrrole nitrogens is 1. The summed E-state index contributed by atoms with van der Waals surface area (Å²) in [7, 11) is 0. The molecule has 0 aliphatic heterocycles. The normalized spacial score (nSPS) is 14.9. The SMILES string of the molecule is CCc1ccc2[nH]c(=O)c([C@@H](c3nnnn3C3CCCC3)N(Cc3ccco3)Cc3ccccc3Cl)cc2c1.